The van der Waals surface area contributed by atoms with Crippen molar-refractivity contribution in [3.8, 4) is 0 Å². The zero-order valence-corrected chi connectivity index (χ0v) is 28.6. The predicted octanol–water partition coefficient (Wildman–Crippen LogP) is 5.54. The van der Waals surface area contributed by atoms with E-state index in [-0.39, 0.29) is 12.5 Å². The molecule has 0 aliphatic carbocycles. The van der Waals surface area contributed by atoms with E-state index in [0.717, 1.165) is 57.8 Å². The third-order valence-corrected chi connectivity index (χ3v) is 8.16. The molecule has 1 heterocycles. The van der Waals surface area contributed by atoms with Crippen molar-refractivity contribution in [2.45, 2.75) is 166 Å². The van der Waals surface area contributed by atoms with Gasteiger partial charge in [-0.3, -0.25) is 4.79 Å². The summed E-state index contributed by atoms with van der Waals surface area (Å²) in [6.45, 7) is 3.57. The van der Waals surface area contributed by atoms with E-state index in [1.807, 2.05) is 6.08 Å². The smallest absolute Gasteiger partial charge is 0.220 e. The molecular formula is C37H65NO8. The van der Waals surface area contributed by atoms with Crippen LogP contribution in [0.3, 0.4) is 0 Å². The van der Waals surface area contributed by atoms with Gasteiger partial charge in [0.05, 0.1) is 25.4 Å². The van der Waals surface area contributed by atoms with Crippen LogP contribution in [0.5, 0.6) is 0 Å². The molecule has 7 atom stereocenters. The molecule has 0 aromatic carbocycles. The minimum absolute atomic E-state index is 0.203. The normalized spacial score (nSPS) is 23.7. The second kappa shape index (κ2) is 28.2. The van der Waals surface area contributed by atoms with Gasteiger partial charge in [-0.15, -0.1) is 0 Å². The molecule has 9 nitrogen and oxygen atoms in total. The number of rotatable bonds is 27. The Labute approximate surface area is 278 Å². The van der Waals surface area contributed by atoms with Gasteiger partial charge >= 0.3 is 0 Å². The van der Waals surface area contributed by atoms with Crippen molar-refractivity contribution in [2.75, 3.05) is 13.2 Å². The summed E-state index contributed by atoms with van der Waals surface area (Å²) >= 11 is 0. The summed E-state index contributed by atoms with van der Waals surface area (Å²) in [4.78, 5) is 12.8. The number of amides is 1. The fourth-order valence-corrected chi connectivity index (χ4v) is 5.23. The Balaban J connectivity index is 2.53. The van der Waals surface area contributed by atoms with Crippen LogP contribution in [0.15, 0.2) is 48.6 Å². The van der Waals surface area contributed by atoms with Crippen LogP contribution in [0.25, 0.3) is 0 Å². The first-order valence-electron chi connectivity index (χ1n) is 17.9. The van der Waals surface area contributed by atoms with Crippen molar-refractivity contribution in [2.24, 2.45) is 0 Å². The van der Waals surface area contributed by atoms with E-state index < -0.39 is 49.5 Å². The Bertz CT molecular complexity index is 858. The number of aliphatic hydroxyl groups excluding tert-OH is 5. The maximum absolute atomic E-state index is 12.8. The zero-order chi connectivity index (χ0) is 33.8. The summed E-state index contributed by atoms with van der Waals surface area (Å²) in [5, 5.41) is 53.7. The van der Waals surface area contributed by atoms with Crippen molar-refractivity contribution in [3.63, 3.8) is 0 Å². The van der Waals surface area contributed by atoms with Gasteiger partial charge in [-0.25, -0.2) is 0 Å². The van der Waals surface area contributed by atoms with Crippen molar-refractivity contribution in [1.82, 2.24) is 5.32 Å². The number of aliphatic hydroxyl groups is 5. The molecule has 46 heavy (non-hydrogen) atoms. The highest BCUT2D eigenvalue weighted by molar-refractivity contribution is 5.76. The molecule has 0 aromatic heterocycles. The molecule has 1 rings (SSSR count). The lowest BCUT2D eigenvalue weighted by Gasteiger charge is -2.40. The molecule has 1 saturated heterocycles. The Morgan fingerprint density at radius 2 is 1.35 bits per heavy atom. The van der Waals surface area contributed by atoms with Crippen LogP contribution in [-0.4, -0.2) is 87.5 Å². The summed E-state index contributed by atoms with van der Waals surface area (Å²) in [5.41, 5.74) is 0. The first-order chi connectivity index (χ1) is 22.3. The third kappa shape index (κ3) is 19.7. The molecule has 1 fully saturated rings. The average molecular weight is 652 g/mol. The molecule has 1 aliphatic rings. The Kier molecular flexibility index (Phi) is 25.8. The van der Waals surface area contributed by atoms with Crippen LogP contribution in [0, 0.1) is 0 Å². The largest absolute Gasteiger partial charge is 0.394 e. The molecular weight excluding hydrogens is 586 g/mol. The molecule has 0 radical (unpaired) electrons. The van der Waals surface area contributed by atoms with E-state index in [0.29, 0.717) is 12.8 Å². The fraction of sp³-hybridized carbons (Fsp3) is 0.757. The second-order valence-electron chi connectivity index (χ2n) is 12.3. The van der Waals surface area contributed by atoms with Crippen molar-refractivity contribution < 1.29 is 39.8 Å². The lowest BCUT2D eigenvalue weighted by molar-refractivity contribution is -0.302. The molecule has 7 unspecified atom stereocenters. The fourth-order valence-electron chi connectivity index (χ4n) is 5.23. The molecule has 266 valence electrons. The van der Waals surface area contributed by atoms with Crippen molar-refractivity contribution in [1.29, 1.82) is 0 Å². The summed E-state index contributed by atoms with van der Waals surface area (Å²) in [6.07, 6.45) is 25.9. The van der Waals surface area contributed by atoms with Gasteiger partial charge in [0.1, 0.15) is 24.4 Å². The van der Waals surface area contributed by atoms with Crippen LogP contribution in [0.4, 0.5) is 0 Å². The van der Waals surface area contributed by atoms with Gasteiger partial charge in [0.15, 0.2) is 6.29 Å². The molecule has 9 heteroatoms. The minimum atomic E-state index is -1.57. The lowest BCUT2D eigenvalue weighted by atomic mass is 9.99. The summed E-state index contributed by atoms with van der Waals surface area (Å²) in [6, 6.07) is -0.817. The Morgan fingerprint density at radius 3 is 2.00 bits per heavy atom. The van der Waals surface area contributed by atoms with Crippen LogP contribution >= 0.6 is 0 Å². The van der Waals surface area contributed by atoms with Gasteiger partial charge < -0.3 is 40.3 Å². The second-order valence-corrected chi connectivity index (χ2v) is 12.3. The Hall–Kier alpha value is -1.85. The maximum Gasteiger partial charge on any atom is 0.220 e. The van der Waals surface area contributed by atoms with Crippen molar-refractivity contribution in [3.05, 3.63) is 48.6 Å². The quantitative estimate of drug-likeness (QED) is 0.0501. The number of carbonyl (C=O) groups excluding carboxylic acids is 1. The number of nitrogens with one attached hydrogen (secondary N) is 1. The van der Waals surface area contributed by atoms with Gasteiger partial charge in [-0.05, 0) is 51.4 Å². The number of allylic oxidation sites excluding steroid dienone is 7. The minimum Gasteiger partial charge on any atom is -0.394 e. The molecule has 0 saturated carbocycles. The van der Waals surface area contributed by atoms with Crippen LogP contribution in [0.1, 0.15) is 123 Å². The third-order valence-electron chi connectivity index (χ3n) is 8.16. The zero-order valence-electron chi connectivity index (χ0n) is 28.6. The maximum atomic E-state index is 12.8. The van der Waals surface area contributed by atoms with E-state index in [1.54, 1.807) is 6.08 Å². The van der Waals surface area contributed by atoms with E-state index in [2.05, 4.69) is 55.6 Å². The van der Waals surface area contributed by atoms with E-state index >= 15 is 0 Å². The number of hydrogen-bond acceptors (Lipinski definition) is 8. The summed E-state index contributed by atoms with van der Waals surface area (Å²) < 4.78 is 11.1. The van der Waals surface area contributed by atoms with Gasteiger partial charge in [-0.1, -0.05) is 114 Å². The van der Waals surface area contributed by atoms with Gasteiger partial charge in [0, 0.05) is 6.42 Å². The average Bonchev–Trinajstić information content (AvgIpc) is 3.05. The van der Waals surface area contributed by atoms with Crippen LogP contribution in [0.2, 0.25) is 0 Å². The van der Waals surface area contributed by atoms with E-state index in [1.165, 1.54) is 38.5 Å². The van der Waals surface area contributed by atoms with Gasteiger partial charge in [-0.2, -0.15) is 0 Å². The summed E-state index contributed by atoms with van der Waals surface area (Å²) in [5.74, 6) is -0.212. The molecule has 0 bridgehead atoms. The van der Waals surface area contributed by atoms with Gasteiger partial charge in [0.25, 0.3) is 0 Å². The SMILES string of the molecule is CC/C=C\C/C=C\C/C=C\CCCCCC(=O)NC(COC1OC(CO)C(O)C(O)C1O)C(O)/C=C/CCCCCCCCCC. The number of carbonyl (C=O) groups is 1. The lowest BCUT2D eigenvalue weighted by Crippen LogP contribution is -2.60. The molecule has 0 spiro atoms. The summed E-state index contributed by atoms with van der Waals surface area (Å²) in [7, 11) is 0. The molecule has 0 aromatic rings. The van der Waals surface area contributed by atoms with Gasteiger partial charge in [0.2, 0.25) is 5.91 Å². The topological polar surface area (TPSA) is 149 Å². The van der Waals surface area contributed by atoms with Crippen LogP contribution in [-0.2, 0) is 14.3 Å². The standard InChI is InChI=1S/C37H65NO8/c1-3-5-7-9-11-13-15-16-17-19-21-23-25-27-33(41)38-30(29-45-37-36(44)35(43)34(42)32(28-39)46-37)31(40)26-24-22-20-18-14-12-10-8-6-4-2/h5,7,11,13,16-17,24,26,30-32,34-37,39-40,42-44H,3-4,6,8-10,12,14-15,18-23,25,27-29H2,1-2H3,(H,38,41)/b7-5-,13-11-,17-16-,26-24+. The highest BCUT2D eigenvalue weighted by Crippen LogP contribution is 2.22. The number of ether oxygens (including phenoxy) is 2. The first kappa shape index (κ1) is 42.2. The van der Waals surface area contributed by atoms with Crippen LogP contribution < -0.4 is 5.32 Å². The molecule has 1 aliphatic heterocycles. The number of hydrogen-bond donors (Lipinski definition) is 6. The van der Waals surface area contributed by atoms with E-state index in [4.69, 9.17) is 9.47 Å². The molecule has 1 amide bonds. The monoisotopic (exact) mass is 651 g/mol. The predicted molar refractivity (Wildman–Crippen MR) is 184 cm³/mol. The van der Waals surface area contributed by atoms with E-state index in [9.17, 15) is 30.3 Å². The Morgan fingerprint density at radius 1 is 0.761 bits per heavy atom. The number of unbranched alkanes of at least 4 members (excludes halogenated alkanes) is 11. The molecule has 6 N–H and O–H groups in total. The highest BCUT2D eigenvalue weighted by Gasteiger charge is 2.44. The first-order valence-corrected chi connectivity index (χ1v) is 17.9. The van der Waals surface area contributed by atoms with Crippen molar-refractivity contribution >= 4 is 5.91 Å². The highest BCUT2D eigenvalue weighted by atomic mass is 16.7.